The van der Waals surface area contributed by atoms with E-state index in [1.807, 2.05) is 12.3 Å². The largest absolute Gasteiger partial charge is 0.399 e. The van der Waals surface area contributed by atoms with Crippen LogP contribution in [0.3, 0.4) is 0 Å². The van der Waals surface area contributed by atoms with Crippen molar-refractivity contribution in [2.75, 3.05) is 5.73 Å². The molecule has 0 saturated carbocycles. The zero-order chi connectivity index (χ0) is 14.1. The van der Waals surface area contributed by atoms with Gasteiger partial charge in [0.25, 0.3) is 5.89 Å². The highest BCUT2D eigenvalue weighted by Crippen LogP contribution is 2.25. The number of halogens is 1. The van der Waals surface area contributed by atoms with Crippen LogP contribution in [-0.4, -0.2) is 15.1 Å². The van der Waals surface area contributed by atoms with Crippen LogP contribution in [0.5, 0.6) is 0 Å². The molecule has 0 radical (unpaired) electrons. The Labute approximate surface area is 124 Å². The van der Waals surface area contributed by atoms with Crippen LogP contribution in [0.4, 0.5) is 5.69 Å². The van der Waals surface area contributed by atoms with Gasteiger partial charge in [-0.2, -0.15) is 4.98 Å². The molecule has 0 aliphatic heterocycles. The minimum atomic E-state index is 0.404. The van der Waals surface area contributed by atoms with Gasteiger partial charge in [0, 0.05) is 21.7 Å². The molecule has 2 aromatic heterocycles. The van der Waals surface area contributed by atoms with Crippen LogP contribution in [0.15, 0.2) is 28.1 Å². The average molecular weight is 307 g/mol. The minimum Gasteiger partial charge on any atom is -0.399 e. The van der Waals surface area contributed by atoms with E-state index in [0.717, 1.165) is 10.7 Å². The number of aromatic nitrogens is 3. The van der Waals surface area contributed by atoms with Crippen molar-refractivity contribution in [3.05, 3.63) is 45.1 Å². The quantitative estimate of drug-likeness (QED) is 0.751. The van der Waals surface area contributed by atoms with Crippen molar-refractivity contribution in [3.63, 3.8) is 0 Å². The molecule has 20 heavy (non-hydrogen) atoms. The van der Waals surface area contributed by atoms with E-state index >= 15 is 0 Å². The van der Waals surface area contributed by atoms with E-state index in [9.17, 15) is 0 Å². The Kier molecular flexibility index (Phi) is 3.42. The molecule has 0 spiro atoms. The Morgan fingerprint density at radius 1 is 1.30 bits per heavy atom. The summed E-state index contributed by atoms with van der Waals surface area (Å²) in [5.41, 5.74) is 7.95. The molecule has 1 aromatic carbocycles. The highest BCUT2D eigenvalue weighted by atomic mass is 35.5. The van der Waals surface area contributed by atoms with Gasteiger partial charge in [-0.25, -0.2) is 4.98 Å². The van der Waals surface area contributed by atoms with Gasteiger partial charge in [-0.15, -0.1) is 11.3 Å². The highest BCUT2D eigenvalue weighted by Gasteiger charge is 2.11. The van der Waals surface area contributed by atoms with Crippen molar-refractivity contribution < 1.29 is 4.52 Å². The van der Waals surface area contributed by atoms with Gasteiger partial charge in [-0.3, -0.25) is 0 Å². The summed E-state index contributed by atoms with van der Waals surface area (Å²) >= 11 is 7.56. The number of benzene rings is 1. The number of nitrogens with zero attached hydrogens (tertiary/aromatic N) is 3. The molecular weight excluding hydrogens is 296 g/mol. The molecule has 0 fully saturated rings. The van der Waals surface area contributed by atoms with Gasteiger partial charge in [-0.05, 0) is 25.1 Å². The van der Waals surface area contributed by atoms with Crippen molar-refractivity contribution in [2.45, 2.75) is 13.3 Å². The number of nitrogen functional groups attached to an aromatic ring is 1. The monoisotopic (exact) mass is 306 g/mol. The molecule has 0 atom stereocenters. The second kappa shape index (κ2) is 5.22. The summed E-state index contributed by atoms with van der Waals surface area (Å²) in [6.07, 6.45) is 0.546. The number of aryl methyl sites for hydroxylation is 1. The molecular formula is C13H11ClN4OS. The summed E-state index contributed by atoms with van der Waals surface area (Å²) in [6, 6.07) is 5.15. The van der Waals surface area contributed by atoms with Crippen LogP contribution < -0.4 is 5.73 Å². The third-order valence-corrected chi connectivity index (χ3v) is 3.68. The maximum atomic E-state index is 5.96. The van der Waals surface area contributed by atoms with Crippen LogP contribution in [0.2, 0.25) is 5.02 Å². The molecule has 0 saturated heterocycles. The first-order valence-corrected chi connectivity index (χ1v) is 7.16. The Morgan fingerprint density at radius 3 is 2.85 bits per heavy atom. The first-order chi connectivity index (χ1) is 9.60. The number of nitrogens with two attached hydrogens (primary N) is 1. The standard InChI is InChI=1S/C13H11ClN4OS/c1-7-16-11(6-20-7)5-12-17-13(19-18-12)8-2-9(14)4-10(15)3-8/h2-4,6H,5,15H2,1H3. The molecule has 0 amide bonds. The van der Waals surface area contributed by atoms with Gasteiger partial charge >= 0.3 is 0 Å². The van der Waals surface area contributed by atoms with Crippen LogP contribution in [0.1, 0.15) is 16.5 Å². The number of anilines is 1. The fraction of sp³-hybridized carbons (Fsp3) is 0.154. The van der Waals surface area contributed by atoms with Crippen molar-refractivity contribution in [1.82, 2.24) is 15.1 Å². The molecule has 0 aliphatic rings. The predicted molar refractivity (Wildman–Crippen MR) is 78.8 cm³/mol. The molecule has 0 bridgehead atoms. The fourth-order valence-corrected chi connectivity index (χ4v) is 2.69. The summed E-state index contributed by atoms with van der Waals surface area (Å²) in [7, 11) is 0. The van der Waals surface area contributed by atoms with Gasteiger partial charge < -0.3 is 10.3 Å². The second-order valence-corrected chi connectivity index (χ2v) is 5.82. The number of rotatable bonds is 3. The molecule has 2 N–H and O–H groups in total. The van der Waals surface area contributed by atoms with E-state index in [-0.39, 0.29) is 0 Å². The average Bonchev–Trinajstić information content (AvgIpc) is 2.98. The molecule has 102 valence electrons. The summed E-state index contributed by atoms with van der Waals surface area (Å²) in [5, 5.41) is 7.50. The number of hydrogen-bond acceptors (Lipinski definition) is 6. The Hall–Kier alpha value is -1.92. The second-order valence-electron chi connectivity index (χ2n) is 4.32. The number of hydrogen-bond donors (Lipinski definition) is 1. The normalized spacial score (nSPS) is 10.9. The molecule has 5 nitrogen and oxygen atoms in total. The van der Waals surface area contributed by atoms with E-state index in [2.05, 4.69) is 15.1 Å². The molecule has 2 heterocycles. The topological polar surface area (TPSA) is 77.8 Å². The number of thiazole rings is 1. The maximum absolute atomic E-state index is 5.96. The molecule has 7 heteroatoms. The molecule has 3 aromatic rings. The van der Waals surface area contributed by atoms with E-state index in [1.165, 1.54) is 0 Å². The van der Waals surface area contributed by atoms with Crippen molar-refractivity contribution in [3.8, 4) is 11.5 Å². The lowest BCUT2D eigenvalue weighted by atomic mass is 10.2. The molecule has 0 unspecified atom stereocenters. The lowest BCUT2D eigenvalue weighted by molar-refractivity contribution is 0.424. The third-order valence-electron chi connectivity index (χ3n) is 2.64. The van der Waals surface area contributed by atoms with E-state index in [4.69, 9.17) is 21.9 Å². The zero-order valence-corrected chi connectivity index (χ0v) is 12.2. The minimum absolute atomic E-state index is 0.404. The highest BCUT2D eigenvalue weighted by molar-refractivity contribution is 7.09. The Balaban J connectivity index is 1.86. The summed E-state index contributed by atoms with van der Waals surface area (Å²) < 4.78 is 5.24. The first kappa shape index (κ1) is 13.1. The van der Waals surface area contributed by atoms with Crippen LogP contribution in [-0.2, 0) is 6.42 Å². The first-order valence-electron chi connectivity index (χ1n) is 5.90. The molecule has 0 aliphatic carbocycles. The SMILES string of the molecule is Cc1nc(Cc2noc(-c3cc(N)cc(Cl)c3)n2)cs1. The summed E-state index contributed by atoms with van der Waals surface area (Å²) in [6.45, 7) is 1.96. The van der Waals surface area contributed by atoms with Crippen molar-refractivity contribution in [1.29, 1.82) is 0 Å². The third kappa shape index (κ3) is 2.81. The van der Waals surface area contributed by atoms with Gasteiger partial charge in [-0.1, -0.05) is 16.8 Å². The fourth-order valence-electron chi connectivity index (χ4n) is 1.83. The van der Waals surface area contributed by atoms with Gasteiger partial charge in [0.1, 0.15) is 0 Å². The van der Waals surface area contributed by atoms with Crippen LogP contribution >= 0.6 is 22.9 Å². The lowest BCUT2D eigenvalue weighted by Crippen LogP contribution is -1.91. The zero-order valence-electron chi connectivity index (χ0n) is 10.6. The van der Waals surface area contributed by atoms with Crippen LogP contribution in [0, 0.1) is 6.92 Å². The summed E-state index contributed by atoms with van der Waals surface area (Å²) in [5.74, 6) is 0.991. The smallest absolute Gasteiger partial charge is 0.258 e. The van der Waals surface area contributed by atoms with E-state index < -0.39 is 0 Å². The molecule has 3 rings (SSSR count). The van der Waals surface area contributed by atoms with Crippen molar-refractivity contribution >= 4 is 28.6 Å². The van der Waals surface area contributed by atoms with E-state index in [0.29, 0.717) is 34.4 Å². The summed E-state index contributed by atoms with van der Waals surface area (Å²) in [4.78, 5) is 8.71. The van der Waals surface area contributed by atoms with Crippen LogP contribution in [0.25, 0.3) is 11.5 Å². The Bertz CT molecular complexity index is 732. The lowest BCUT2D eigenvalue weighted by Gasteiger charge is -1.98. The predicted octanol–water partition coefficient (Wildman–Crippen LogP) is 3.33. The van der Waals surface area contributed by atoms with Gasteiger partial charge in [0.15, 0.2) is 5.82 Å². The van der Waals surface area contributed by atoms with E-state index in [1.54, 1.807) is 29.5 Å². The maximum Gasteiger partial charge on any atom is 0.258 e. The van der Waals surface area contributed by atoms with Crippen molar-refractivity contribution in [2.24, 2.45) is 0 Å². The Morgan fingerprint density at radius 2 is 2.15 bits per heavy atom. The van der Waals surface area contributed by atoms with Gasteiger partial charge in [0.05, 0.1) is 17.1 Å². The van der Waals surface area contributed by atoms with Gasteiger partial charge in [0.2, 0.25) is 0 Å².